The van der Waals surface area contributed by atoms with Gasteiger partial charge >= 0.3 is 5.69 Å². The molecule has 1 rings (SSSR count). The quantitative estimate of drug-likeness (QED) is 0.586. The summed E-state index contributed by atoms with van der Waals surface area (Å²) in [7, 11) is 0. The van der Waals surface area contributed by atoms with Crippen LogP contribution in [0, 0.1) is 15.9 Å². The molecule has 0 aromatic heterocycles. The summed E-state index contributed by atoms with van der Waals surface area (Å²) < 4.78 is 18.5. The smallest absolute Gasteiger partial charge is 0.305 e. The van der Waals surface area contributed by atoms with Crippen LogP contribution in [0.1, 0.15) is 20.3 Å². The Bertz CT molecular complexity index is 447. The van der Waals surface area contributed by atoms with E-state index in [-0.39, 0.29) is 18.0 Å². The van der Waals surface area contributed by atoms with Crippen LogP contribution in [0.25, 0.3) is 0 Å². The van der Waals surface area contributed by atoms with Crippen LogP contribution in [0.15, 0.2) is 18.2 Å². The van der Waals surface area contributed by atoms with Gasteiger partial charge in [-0.25, -0.2) is 0 Å². The predicted molar refractivity (Wildman–Crippen MR) is 58.4 cm³/mol. The highest BCUT2D eigenvalue weighted by Crippen LogP contribution is 2.23. The van der Waals surface area contributed by atoms with Gasteiger partial charge in [0.15, 0.2) is 0 Å². The molecule has 0 spiro atoms. The molecule has 5 nitrogen and oxygen atoms in total. The van der Waals surface area contributed by atoms with Crippen LogP contribution in [0.2, 0.25) is 0 Å². The van der Waals surface area contributed by atoms with Gasteiger partial charge in [0.2, 0.25) is 5.82 Å². The minimum atomic E-state index is -0.956. The molecule has 0 aliphatic heterocycles. The Morgan fingerprint density at radius 3 is 2.71 bits per heavy atom. The van der Waals surface area contributed by atoms with Crippen molar-refractivity contribution in [2.45, 2.75) is 26.4 Å². The van der Waals surface area contributed by atoms with E-state index in [2.05, 4.69) is 0 Å². The van der Waals surface area contributed by atoms with Gasteiger partial charge in [0.05, 0.1) is 4.92 Å². The maximum atomic E-state index is 13.2. The van der Waals surface area contributed by atoms with Crippen LogP contribution in [0.4, 0.5) is 10.1 Å². The largest absolute Gasteiger partial charge is 0.490 e. The molecule has 0 fully saturated rings. The van der Waals surface area contributed by atoms with Crippen molar-refractivity contribution in [2.75, 3.05) is 0 Å². The number of nitrogens with zero attached hydrogens (tertiary/aromatic N) is 1. The minimum Gasteiger partial charge on any atom is -0.490 e. The Labute approximate surface area is 97.3 Å². The van der Waals surface area contributed by atoms with Crippen LogP contribution < -0.4 is 4.74 Å². The normalized spacial score (nSPS) is 11.9. The molecule has 0 N–H and O–H groups in total. The van der Waals surface area contributed by atoms with Crippen molar-refractivity contribution >= 4 is 11.5 Å². The third-order valence-corrected chi connectivity index (χ3v) is 2.03. The summed E-state index contributed by atoms with van der Waals surface area (Å²) in [5.74, 6) is -0.829. The van der Waals surface area contributed by atoms with Crippen LogP contribution in [-0.2, 0) is 4.79 Å². The lowest BCUT2D eigenvalue weighted by Gasteiger charge is -2.12. The second-order valence-electron chi connectivity index (χ2n) is 3.70. The summed E-state index contributed by atoms with van der Waals surface area (Å²) in [6.07, 6.45) is -0.188. The Morgan fingerprint density at radius 2 is 2.24 bits per heavy atom. The third kappa shape index (κ3) is 3.82. The summed E-state index contributed by atoms with van der Waals surface area (Å²) in [5, 5.41) is 10.4. The zero-order chi connectivity index (χ0) is 13.0. The molecule has 6 heteroatoms. The number of halogens is 1. The Balaban J connectivity index is 2.77. The van der Waals surface area contributed by atoms with Gasteiger partial charge in [-0.3, -0.25) is 14.9 Å². The topological polar surface area (TPSA) is 69.4 Å². The van der Waals surface area contributed by atoms with E-state index in [1.807, 2.05) is 0 Å². The molecule has 92 valence electrons. The number of carbonyl (C=O) groups excluding carboxylic acids is 1. The van der Waals surface area contributed by atoms with Crippen LogP contribution >= 0.6 is 0 Å². The second kappa shape index (κ2) is 5.38. The van der Waals surface area contributed by atoms with Crippen LogP contribution in [-0.4, -0.2) is 16.8 Å². The van der Waals surface area contributed by atoms with Crippen molar-refractivity contribution in [2.24, 2.45) is 0 Å². The zero-order valence-electron chi connectivity index (χ0n) is 9.47. The molecule has 1 unspecified atom stereocenters. The number of Topliss-reactive ketones (excluding diaryl/α,β-unsaturated/α-hetero) is 1. The van der Waals surface area contributed by atoms with E-state index < -0.39 is 22.5 Å². The molecule has 0 saturated carbocycles. The average molecular weight is 241 g/mol. The maximum Gasteiger partial charge on any atom is 0.305 e. The molecule has 0 bridgehead atoms. The standard InChI is InChI=1S/C11H12FNO4/c1-7(14)5-8(2)17-9-3-4-11(13(15)16)10(12)6-9/h3-4,6,8H,5H2,1-2H3. The molecule has 0 radical (unpaired) electrons. The van der Waals surface area contributed by atoms with E-state index >= 15 is 0 Å². The fourth-order valence-corrected chi connectivity index (χ4v) is 1.39. The third-order valence-electron chi connectivity index (χ3n) is 2.03. The van der Waals surface area contributed by atoms with Crippen molar-refractivity contribution in [1.29, 1.82) is 0 Å². The van der Waals surface area contributed by atoms with Gasteiger partial charge in [-0.2, -0.15) is 4.39 Å². The first kappa shape index (κ1) is 13.1. The highest BCUT2D eigenvalue weighted by Gasteiger charge is 2.15. The Kier molecular flexibility index (Phi) is 4.14. The predicted octanol–water partition coefficient (Wildman–Crippen LogP) is 2.48. The lowest BCUT2D eigenvalue weighted by atomic mass is 10.2. The number of nitro benzene ring substituents is 1. The molecule has 1 atom stereocenters. The van der Waals surface area contributed by atoms with Crippen LogP contribution in [0.3, 0.4) is 0 Å². The van der Waals surface area contributed by atoms with E-state index in [0.717, 1.165) is 12.1 Å². The summed E-state index contributed by atoms with van der Waals surface area (Å²) >= 11 is 0. The molecule has 0 aliphatic rings. The zero-order valence-corrected chi connectivity index (χ0v) is 9.47. The van der Waals surface area contributed by atoms with Crippen molar-refractivity contribution in [1.82, 2.24) is 0 Å². The maximum absolute atomic E-state index is 13.2. The van der Waals surface area contributed by atoms with Gasteiger partial charge in [-0.1, -0.05) is 0 Å². The molecular formula is C11H12FNO4. The fourth-order valence-electron chi connectivity index (χ4n) is 1.39. The average Bonchev–Trinajstić information content (AvgIpc) is 2.15. The first-order valence-corrected chi connectivity index (χ1v) is 5.00. The number of rotatable bonds is 5. The molecule has 0 heterocycles. The van der Waals surface area contributed by atoms with Gasteiger partial charge in [0.25, 0.3) is 0 Å². The van der Waals surface area contributed by atoms with E-state index in [9.17, 15) is 19.3 Å². The van der Waals surface area contributed by atoms with Crippen molar-refractivity contribution in [3.63, 3.8) is 0 Å². The summed E-state index contributed by atoms with van der Waals surface area (Å²) in [4.78, 5) is 20.4. The van der Waals surface area contributed by atoms with Gasteiger partial charge in [-0.05, 0) is 19.9 Å². The van der Waals surface area contributed by atoms with E-state index in [0.29, 0.717) is 0 Å². The number of carbonyl (C=O) groups is 1. The van der Waals surface area contributed by atoms with Gasteiger partial charge in [0.1, 0.15) is 17.6 Å². The monoisotopic (exact) mass is 241 g/mol. The first-order valence-electron chi connectivity index (χ1n) is 5.00. The highest BCUT2D eigenvalue weighted by molar-refractivity contribution is 5.75. The Morgan fingerprint density at radius 1 is 1.59 bits per heavy atom. The van der Waals surface area contributed by atoms with Gasteiger partial charge in [0, 0.05) is 18.6 Å². The van der Waals surface area contributed by atoms with Crippen LogP contribution in [0.5, 0.6) is 5.75 Å². The molecular weight excluding hydrogens is 229 g/mol. The lowest BCUT2D eigenvalue weighted by Crippen LogP contribution is -2.15. The molecule has 1 aromatic carbocycles. The molecule has 0 aliphatic carbocycles. The highest BCUT2D eigenvalue weighted by atomic mass is 19.1. The van der Waals surface area contributed by atoms with E-state index in [1.54, 1.807) is 6.92 Å². The Hall–Kier alpha value is -1.98. The lowest BCUT2D eigenvalue weighted by molar-refractivity contribution is -0.387. The molecule has 0 amide bonds. The van der Waals surface area contributed by atoms with E-state index in [4.69, 9.17) is 4.74 Å². The van der Waals surface area contributed by atoms with Gasteiger partial charge in [-0.15, -0.1) is 0 Å². The van der Waals surface area contributed by atoms with Crippen molar-refractivity contribution in [3.05, 3.63) is 34.1 Å². The number of ketones is 1. The first-order chi connectivity index (χ1) is 7.90. The van der Waals surface area contributed by atoms with Crippen molar-refractivity contribution < 1.29 is 18.8 Å². The summed E-state index contributed by atoms with van der Waals surface area (Å²) in [6, 6.07) is 3.28. The summed E-state index contributed by atoms with van der Waals surface area (Å²) in [5.41, 5.74) is -0.600. The molecule has 1 aromatic rings. The summed E-state index contributed by atoms with van der Waals surface area (Å²) in [6.45, 7) is 3.09. The fraction of sp³-hybridized carbons (Fsp3) is 0.364. The van der Waals surface area contributed by atoms with E-state index in [1.165, 1.54) is 13.0 Å². The number of hydrogen-bond donors (Lipinski definition) is 0. The number of nitro groups is 1. The minimum absolute atomic E-state index is 0.0418. The number of ether oxygens (including phenoxy) is 1. The SMILES string of the molecule is CC(=O)CC(C)Oc1ccc([N+](=O)[O-])c(F)c1. The number of hydrogen-bond acceptors (Lipinski definition) is 4. The number of benzene rings is 1. The second-order valence-corrected chi connectivity index (χ2v) is 3.70. The van der Waals surface area contributed by atoms with Crippen molar-refractivity contribution in [3.8, 4) is 5.75 Å². The van der Waals surface area contributed by atoms with Gasteiger partial charge < -0.3 is 4.74 Å². The molecule has 0 saturated heterocycles. The molecule has 17 heavy (non-hydrogen) atoms.